The molecule has 20 heavy (non-hydrogen) atoms. The van der Waals surface area contributed by atoms with E-state index in [-0.39, 0.29) is 13.2 Å². The van der Waals surface area contributed by atoms with Gasteiger partial charge < -0.3 is 9.47 Å². The number of hydrogen-bond acceptors (Lipinski definition) is 4. The van der Waals surface area contributed by atoms with Gasteiger partial charge in [0.25, 0.3) is 0 Å². The van der Waals surface area contributed by atoms with Gasteiger partial charge in [-0.2, -0.15) is 0 Å². The van der Waals surface area contributed by atoms with Crippen molar-refractivity contribution in [2.45, 2.75) is 59.3 Å². The van der Waals surface area contributed by atoms with Crippen LogP contribution in [0.1, 0.15) is 59.3 Å². The molecule has 1 atom stereocenters. The van der Waals surface area contributed by atoms with Crippen LogP contribution in [-0.2, 0) is 19.1 Å². The molecule has 0 amide bonds. The van der Waals surface area contributed by atoms with Crippen LogP contribution < -0.4 is 0 Å². The summed E-state index contributed by atoms with van der Waals surface area (Å²) in [6, 6.07) is 0. The lowest BCUT2D eigenvalue weighted by Gasteiger charge is -2.07. The predicted octanol–water partition coefficient (Wildman–Crippen LogP) is 3.65. The summed E-state index contributed by atoms with van der Waals surface area (Å²) in [5.41, 5.74) is 0. The van der Waals surface area contributed by atoms with Gasteiger partial charge in [-0.25, -0.2) is 9.59 Å². The maximum absolute atomic E-state index is 11.2. The number of hydrogen-bond donors (Lipinski definition) is 0. The summed E-state index contributed by atoms with van der Waals surface area (Å²) in [6.45, 7) is 6.36. The molecule has 0 fully saturated rings. The zero-order valence-electron chi connectivity index (χ0n) is 13.0. The summed E-state index contributed by atoms with van der Waals surface area (Å²) < 4.78 is 9.38. The topological polar surface area (TPSA) is 52.6 Å². The molecule has 0 aromatic carbocycles. The molecule has 4 heteroatoms. The summed E-state index contributed by atoms with van der Waals surface area (Å²) >= 11 is 0. The van der Waals surface area contributed by atoms with Crippen molar-refractivity contribution < 1.29 is 19.1 Å². The molecule has 0 N–H and O–H groups in total. The van der Waals surface area contributed by atoms with Crippen LogP contribution in [0, 0.1) is 5.92 Å². The highest BCUT2D eigenvalue weighted by atomic mass is 16.6. The van der Waals surface area contributed by atoms with Gasteiger partial charge in [0.15, 0.2) is 0 Å². The highest BCUT2D eigenvalue weighted by molar-refractivity contribution is 6.29. The van der Waals surface area contributed by atoms with Gasteiger partial charge in [0.05, 0.1) is 13.2 Å². The monoisotopic (exact) mass is 284 g/mol. The van der Waals surface area contributed by atoms with Crippen molar-refractivity contribution in [3.8, 4) is 0 Å². The molecule has 0 saturated carbocycles. The molecule has 116 valence electrons. The molecule has 0 spiro atoms. The molecule has 0 bridgehead atoms. The Balaban J connectivity index is 3.62. The standard InChI is InChI=1S/C16H28O4/c1-4-6-7-8-9-10-11-14(3)12-13-20-16(18)15(17)19-5-2/h10-11,14H,4-9,12-13H2,1-3H3. The summed E-state index contributed by atoms with van der Waals surface area (Å²) in [4.78, 5) is 22.2. The van der Waals surface area contributed by atoms with Crippen molar-refractivity contribution in [3.05, 3.63) is 12.2 Å². The zero-order chi connectivity index (χ0) is 15.2. The summed E-state index contributed by atoms with van der Waals surface area (Å²) in [5.74, 6) is -1.47. The second-order valence-corrected chi connectivity index (χ2v) is 4.90. The molecule has 0 aromatic rings. The minimum atomic E-state index is -0.911. The average molecular weight is 284 g/mol. The Morgan fingerprint density at radius 3 is 2.40 bits per heavy atom. The van der Waals surface area contributed by atoms with Crippen molar-refractivity contribution in [1.82, 2.24) is 0 Å². The van der Waals surface area contributed by atoms with Crippen LogP contribution in [0.5, 0.6) is 0 Å². The number of esters is 2. The molecule has 0 heterocycles. The summed E-state index contributed by atoms with van der Waals surface area (Å²) in [6.07, 6.45) is 11.2. The van der Waals surface area contributed by atoms with E-state index in [9.17, 15) is 9.59 Å². The molecular formula is C16H28O4. The van der Waals surface area contributed by atoms with Crippen molar-refractivity contribution >= 4 is 11.9 Å². The molecule has 0 saturated heterocycles. The van der Waals surface area contributed by atoms with Crippen LogP contribution >= 0.6 is 0 Å². The van der Waals surface area contributed by atoms with E-state index in [1.54, 1.807) is 6.92 Å². The maximum atomic E-state index is 11.2. The van der Waals surface area contributed by atoms with E-state index in [0.717, 1.165) is 12.8 Å². The fourth-order valence-electron chi connectivity index (χ4n) is 1.70. The number of ether oxygens (including phenoxy) is 2. The molecule has 0 aliphatic rings. The van der Waals surface area contributed by atoms with E-state index >= 15 is 0 Å². The molecule has 1 unspecified atom stereocenters. The third kappa shape index (κ3) is 10.6. The largest absolute Gasteiger partial charge is 0.458 e. The average Bonchev–Trinajstić information content (AvgIpc) is 2.42. The third-order valence-electron chi connectivity index (χ3n) is 2.94. The summed E-state index contributed by atoms with van der Waals surface area (Å²) in [5, 5.41) is 0. The fourth-order valence-corrected chi connectivity index (χ4v) is 1.70. The quantitative estimate of drug-likeness (QED) is 0.266. The smallest absolute Gasteiger partial charge is 0.417 e. The van der Waals surface area contributed by atoms with E-state index in [1.165, 1.54) is 25.7 Å². The summed E-state index contributed by atoms with van der Waals surface area (Å²) in [7, 11) is 0. The van der Waals surface area contributed by atoms with E-state index in [2.05, 4.69) is 30.7 Å². The Kier molecular flexibility index (Phi) is 11.9. The Labute approximate surface area is 122 Å². The SMILES string of the molecule is CCCCCCC=CC(C)CCOC(=O)C(=O)OCC. The first kappa shape index (κ1) is 18.7. The van der Waals surface area contributed by atoms with Crippen LogP contribution in [0.4, 0.5) is 0 Å². The Morgan fingerprint density at radius 1 is 1.05 bits per heavy atom. The molecule has 0 aliphatic carbocycles. The minimum Gasteiger partial charge on any atom is -0.458 e. The van der Waals surface area contributed by atoms with Gasteiger partial charge in [0, 0.05) is 0 Å². The second kappa shape index (κ2) is 12.7. The van der Waals surface area contributed by atoms with E-state index in [4.69, 9.17) is 4.74 Å². The van der Waals surface area contributed by atoms with Crippen molar-refractivity contribution in [1.29, 1.82) is 0 Å². The number of unbranched alkanes of at least 4 members (excludes halogenated alkanes) is 4. The van der Waals surface area contributed by atoms with E-state index in [0.29, 0.717) is 5.92 Å². The van der Waals surface area contributed by atoms with Gasteiger partial charge in [-0.05, 0) is 32.1 Å². The lowest BCUT2D eigenvalue weighted by Crippen LogP contribution is -2.21. The molecule has 0 aromatic heterocycles. The first-order valence-electron chi connectivity index (χ1n) is 7.62. The maximum Gasteiger partial charge on any atom is 0.417 e. The highest BCUT2D eigenvalue weighted by Crippen LogP contribution is 2.08. The zero-order valence-corrected chi connectivity index (χ0v) is 13.0. The number of rotatable bonds is 10. The Bertz CT molecular complexity index is 297. The van der Waals surface area contributed by atoms with Gasteiger partial charge in [0.2, 0.25) is 0 Å². The molecule has 0 aliphatic heterocycles. The first-order valence-corrected chi connectivity index (χ1v) is 7.62. The Hall–Kier alpha value is -1.32. The van der Waals surface area contributed by atoms with E-state index < -0.39 is 11.9 Å². The van der Waals surface area contributed by atoms with Gasteiger partial charge in [-0.15, -0.1) is 0 Å². The lowest BCUT2D eigenvalue weighted by atomic mass is 10.1. The second-order valence-electron chi connectivity index (χ2n) is 4.90. The van der Waals surface area contributed by atoms with Gasteiger partial charge >= 0.3 is 11.9 Å². The number of carbonyl (C=O) groups is 2. The fraction of sp³-hybridized carbons (Fsp3) is 0.750. The van der Waals surface area contributed by atoms with Gasteiger partial charge in [0.1, 0.15) is 0 Å². The van der Waals surface area contributed by atoms with Crippen molar-refractivity contribution in [2.24, 2.45) is 5.92 Å². The third-order valence-corrected chi connectivity index (χ3v) is 2.94. The van der Waals surface area contributed by atoms with Crippen LogP contribution in [0.15, 0.2) is 12.2 Å². The molecule has 4 nitrogen and oxygen atoms in total. The predicted molar refractivity (Wildman–Crippen MR) is 79.3 cm³/mol. The van der Waals surface area contributed by atoms with Crippen LogP contribution in [0.25, 0.3) is 0 Å². The first-order chi connectivity index (χ1) is 9.61. The molecule has 0 radical (unpaired) electrons. The van der Waals surface area contributed by atoms with Crippen molar-refractivity contribution in [3.63, 3.8) is 0 Å². The van der Waals surface area contributed by atoms with Gasteiger partial charge in [-0.1, -0.05) is 45.3 Å². The molecule has 0 rings (SSSR count). The highest BCUT2D eigenvalue weighted by Gasteiger charge is 2.16. The van der Waals surface area contributed by atoms with Gasteiger partial charge in [-0.3, -0.25) is 0 Å². The van der Waals surface area contributed by atoms with Crippen molar-refractivity contribution in [2.75, 3.05) is 13.2 Å². The Morgan fingerprint density at radius 2 is 1.75 bits per heavy atom. The minimum absolute atomic E-state index is 0.186. The molecular weight excluding hydrogens is 256 g/mol. The van der Waals surface area contributed by atoms with E-state index in [1.807, 2.05) is 0 Å². The lowest BCUT2D eigenvalue weighted by molar-refractivity contribution is -0.167. The van der Waals surface area contributed by atoms with Crippen LogP contribution in [0.3, 0.4) is 0 Å². The van der Waals surface area contributed by atoms with Crippen LogP contribution in [-0.4, -0.2) is 25.2 Å². The number of allylic oxidation sites excluding steroid dienone is 2. The normalized spacial score (nSPS) is 12.3. The van der Waals surface area contributed by atoms with Crippen LogP contribution in [0.2, 0.25) is 0 Å². The number of carbonyl (C=O) groups excluding carboxylic acids is 2.